The summed E-state index contributed by atoms with van der Waals surface area (Å²) in [4.78, 5) is 44.5. The van der Waals surface area contributed by atoms with Crippen LogP contribution in [0.5, 0.6) is 11.5 Å². The van der Waals surface area contributed by atoms with Crippen molar-refractivity contribution in [3.05, 3.63) is 98.3 Å². The molecule has 1 aliphatic carbocycles. The summed E-state index contributed by atoms with van der Waals surface area (Å²) in [5.41, 5.74) is 3.77. The predicted octanol–water partition coefficient (Wildman–Crippen LogP) is 9.16. The normalized spacial score (nSPS) is 20.4. The molecule has 1 amide bonds. The summed E-state index contributed by atoms with van der Waals surface area (Å²) in [6, 6.07) is 18.5. The first-order valence-corrected chi connectivity index (χ1v) is 25.3. The lowest BCUT2D eigenvalue weighted by Gasteiger charge is -2.45. The maximum absolute atomic E-state index is 13.9. The van der Waals surface area contributed by atoms with Crippen LogP contribution >= 0.6 is 11.6 Å². The molecule has 1 aromatic heterocycles. The van der Waals surface area contributed by atoms with Crippen molar-refractivity contribution in [3.8, 4) is 11.5 Å². The van der Waals surface area contributed by atoms with Gasteiger partial charge in [0.05, 0.1) is 34.9 Å². The number of carbonyl (C=O) groups excluding carboxylic acids is 2. The second kappa shape index (κ2) is 18.6. The number of hydrogen-bond donors (Lipinski definition) is 4. The summed E-state index contributed by atoms with van der Waals surface area (Å²) >= 11 is 6.79. The van der Waals surface area contributed by atoms with Crippen molar-refractivity contribution < 1.29 is 28.6 Å². The molecule has 3 aromatic carbocycles. The minimum Gasteiger partial charge on any atom is -0.506 e. The number of pyridine rings is 1. The van der Waals surface area contributed by atoms with Crippen LogP contribution in [0.3, 0.4) is 0 Å². The van der Waals surface area contributed by atoms with Crippen molar-refractivity contribution >= 4 is 48.4 Å². The van der Waals surface area contributed by atoms with Gasteiger partial charge in [-0.3, -0.25) is 19.3 Å². The molecular weight excluding hydrogens is 808 g/mol. The number of hydrogen-bond acceptors (Lipinski definition) is 9. The fourth-order valence-electron chi connectivity index (χ4n) is 9.22. The lowest BCUT2D eigenvalue weighted by Crippen LogP contribution is -2.53. The average molecular weight is 872 g/mol. The minimum atomic E-state index is -2.27. The van der Waals surface area contributed by atoms with Gasteiger partial charge in [-0.15, -0.1) is 0 Å². The highest BCUT2D eigenvalue weighted by Crippen LogP contribution is 2.44. The number of aromatic hydroxyl groups is 1. The number of anilines is 1. The Hall–Kier alpha value is -4.20. The third-order valence-corrected chi connectivity index (χ3v) is 18.6. The van der Waals surface area contributed by atoms with Gasteiger partial charge >= 0.3 is 5.97 Å². The van der Waals surface area contributed by atoms with Crippen molar-refractivity contribution in [3.63, 3.8) is 0 Å². The maximum atomic E-state index is 13.9. The van der Waals surface area contributed by atoms with Crippen LogP contribution in [0.1, 0.15) is 100 Å². The molecular formula is C48H63ClN4O7Si. The van der Waals surface area contributed by atoms with Crippen molar-refractivity contribution in [2.75, 3.05) is 38.6 Å². The van der Waals surface area contributed by atoms with Crippen LogP contribution in [0.25, 0.3) is 10.9 Å². The molecule has 0 unspecified atom stereocenters. The third-order valence-electron chi connectivity index (χ3n) is 13.8. The van der Waals surface area contributed by atoms with Gasteiger partial charge in [0.1, 0.15) is 17.6 Å². The molecule has 4 aromatic rings. The van der Waals surface area contributed by atoms with E-state index in [9.17, 15) is 19.5 Å². The van der Waals surface area contributed by atoms with Gasteiger partial charge in [-0.2, -0.15) is 0 Å². The minimum absolute atomic E-state index is 0.000986. The molecule has 0 spiro atoms. The molecule has 1 saturated carbocycles. The van der Waals surface area contributed by atoms with Crippen molar-refractivity contribution in [2.45, 2.75) is 121 Å². The van der Waals surface area contributed by atoms with Crippen molar-refractivity contribution in [1.29, 1.82) is 0 Å². The number of esters is 1. The summed E-state index contributed by atoms with van der Waals surface area (Å²) in [7, 11) is -0.685. The second-order valence-electron chi connectivity index (χ2n) is 18.9. The Bertz CT molecular complexity index is 2280. The largest absolute Gasteiger partial charge is 0.506 e. The highest BCUT2D eigenvalue weighted by atomic mass is 35.5. The van der Waals surface area contributed by atoms with E-state index in [0.29, 0.717) is 65.6 Å². The third kappa shape index (κ3) is 10.0. The molecule has 61 heavy (non-hydrogen) atoms. The standard InChI is InChI=1S/C48H63ClN4O7Si/c1-47(2,3)61(5,6)60-41(35-15-17-39(54)45-36(35)16-18-44(56)52-45)29-50-28-33-26-37(49)38(27-40(33)58-4)51-43(55)14-10-12-31-11-9-13-34(25-31)48(21-7-8-22-48)46(57)59-42-30-53-23-19-32(42)20-24-53/h9,11,13,15-18,25-27,32,41-42,50,54H,7-8,10,12,14,19-24,28-30H2,1-6H3,(H,51,55)(H,52,56)/t41-,42-/m0/s1. The molecule has 2 atom stereocenters. The number of amides is 1. The molecule has 3 saturated heterocycles. The van der Waals surface area contributed by atoms with Gasteiger partial charge in [-0.25, -0.2) is 0 Å². The van der Waals surface area contributed by atoms with Crippen LogP contribution in [-0.2, 0) is 37.1 Å². The van der Waals surface area contributed by atoms with E-state index in [1.54, 1.807) is 31.4 Å². The molecule has 4 N–H and O–H groups in total. The van der Waals surface area contributed by atoms with Gasteiger partial charge in [0.25, 0.3) is 0 Å². The number of methoxy groups -OCH3 is 1. The van der Waals surface area contributed by atoms with Crippen LogP contribution < -0.4 is 20.9 Å². The summed E-state index contributed by atoms with van der Waals surface area (Å²) in [6.07, 6.45) is 7.11. The Morgan fingerprint density at radius 2 is 1.80 bits per heavy atom. The summed E-state index contributed by atoms with van der Waals surface area (Å²) in [6.45, 7) is 14.9. The van der Waals surface area contributed by atoms with Crippen LogP contribution in [0.4, 0.5) is 5.69 Å². The fraction of sp³-hybridized carbons (Fsp3) is 0.521. The van der Waals surface area contributed by atoms with E-state index >= 15 is 0 Å². The molecule has 3 aliphatic heterocycles. The number of nitrogens with one attached hydrogen (secondary N) is 3. The zero-order valence-electron chi connectivity index (χ0n) is 36.6. The van der Waals surface area contributed by atoms with Gasteiger partial charge in [-0.1, -0.05) is 75.5 Å². The molecule has 0 radical (unpaired) electrons. The quantitative estimate of drug-likeness (QED) is 0.0641. The van der Waals surface area contributed by atoms with E-state index in [0.717, 1.165) is 80.4 Å². The number of aromatic amines is 1. The van der Waals surface area contributed by atoms with Crippen LogP contribution in [0.2, 0.25) is 23.2 Å². The van der Waals surface area contributed by atoms with Crippen LogP contribution in [0.15, 0.2) is 65.5 Å². The summed E-state index contributed by atoms with van der Waals surface area (Å²) < 4.78 is 19.1. The molecule has 328 valence electrons. The second-order valence-corrected chi connectivity index (χ2v) is 24.1. The number of nitrogens with zero attached hydrogens (tertiary/aromatic N) is 1. The first kappa shape index (κ1) is 44.8. The van der Waals surface area contributed by atoms with E-state index in [1.165, 1.54) is 6.07 Å². The van der Waals surface area contributed by atoms with E-state index in [-0.39, 0.29) is 34.3 Å². The Balaban J connectivity index is 0.967. The number of halogens is 1. The number of phenols is 1. The molecule has 4 aliphatic rings. The first-order valence-electron chi connectivity index (χ1n) is 22.0. The zero-order valence-corrected chi connectivity index (χ0v) is 38.4. The van der Waals surface area contributed by atoms with E-state index in [4.69, 9.17) is 25.5 Å². The number of piperidine rings is 3. The molecule has 11 nitrogen and oxygen atoms in total. The Morgan fingerprint density at radius 3 is 2.49 bits per heavy atom. The Labute approximate surface area is 366 Å². The Kier molecular flexibility index (Phi) is 13.7. The van der Waals surface area contributed by atoms with E-state index < -0.39 is 19.8 Å². The van der Waals surface area contributed by atoms with Crippen molar-refractivity contribution in [2.24, 2.45) is 5.92 Å². The molecule has 13 heteroatoms. The molecule has 4 fully saturated rings. The maximum Gasteiger partial charge on any atom is 0.316 e. The Morgan fingerprint density at radius 1 is 1.05 bits per heavy atom. The van der Waals surface area contributed by atoms with Crippen LogP contribution in [0, 0.1) is 5.92 Å². The lowest BCUT2D eigenvalue weighted by molar-refractivity contribution is -0.165. The number of aryl methyl sites for hydroxylation is 1. The molecule has 8 rings (SSSR count). The van der Waals surface area contributed by atoms with Gasteiger partial charge in [0.2, 0.25) is 11.5 Å². The summed E-state index contributed by atoms with van der Waals surface area (Å²) in [5.74, 6) is 0.845. The number of H-pyrrole nitrogens is 1. The number of benzene rings is 3. The van der Waals surface area contributed by atoms with Gasteiger partial charge in [-0.05, 0) is 111 Å². The number of phenolic OH excluding ortho intramolecular Hbond substituents is 1. The number of rotatable bonds is 16. The van der Waals surface area contributed by atoms with Crippen LogP contribution in [-0.4, -0.2) is 74.6 Å². The zero-order chi connectivity index (χ0) is 43.5. The monoisotopic (exact) mass is 870 g/mol. The number of fused-ring (bicyclic) bond motifs is 4. The first-order chi connectivity index (χ1) is 29.1. The SMILES string of the molecule is COc1cc(NC(=O)CCCc2cccc(C3(C(=O)O[C@H]4CN5CCC4CC5)CCCC3)c2)c(Cl)cc1CNC[C@H](O[Si](C)(C)C(C)(C)C)c1ccc(O)c2[nH]c(=O)ccc12. The van der Waals surface area contributed by atoms with Gasteiger partial charge in [0, 0.05) is 49.1 Å². The number of carbonyl (C=O) groups is 2. The fourth-order valence-corrected chi connectivity index (χ4v) is 10.7. The van der Waals surface area contributed by atoms with Gasteiger partial charge in [0.15, 0.2) is 8.32 Å². The smallest absolute Gasteiger partial charge is 0.316 e. The highest BCUT2D eigenvalue weighted by molar-refractivity contribution is 6.74. The van der Waals surface area contributed by atoms with E-state index in [2.05, 4.69) is 72.6 Å². The molecule has 2 bridgehead atoms. The van der Waals surface area contributed by atoms with Gasteiger partial charge < -0.3 is 34.6 Å². The molecule has 4 heterocycles. The average Bonchev–Trinajstić information content (AvgIpc) is 3.74. The number of ether oxygens (including phenoxy) is 2. The van der Waals surface area contributed by atoms with Crippen molar-refractivity contribution in [1.82, 2.24) is 15.2 Å². The predicted molar refractivity (Wildman–Crippen MR) is 244 cm³/mol. The highest BCUT2D eigenvalue weighted by Gasteiger charge is 2.47. The lowest BCUT2D eigenvalue weighted by atomic mass is 9.77. The summed E-state index contributed by atoms with van der Waals surface area (Å²) in [5, 5.41) is 18.2. The van der Waals surface area contributed by atoms with E-state index in [1.807, 2.05) is 12.1 Å². The number of aromatic nitrogens is 1. The topological polar surface area (TPSA) is 142 Å².